The Hall–Kier alpha value is -1.67. The molecule has 1 N–H and O–H groups in total. The van der Waals surface area contributed by atoms with Crippen molar-refractivity contribution in [3.8, 4) is 0 Å². The Morgan fingerprint density at radius 2 is 2.33 bits per heavy atom. The molecule has 0 aliphatic carbocycles. The van der Waals surface area contributed by atoms with Crippen molar-refractivity contribution in [3.05, 3.63) is 16.4 Å². The monoisotopic (exact) mass is 257 g/mol. The first-order valence-electron chi connectivity index (χ1n) is 5.63. The summed E-state index contributed by atoms with van der Waals surface area (Å²) < 4.78 is 6.57. The third-order valence-electron chi connectivity index (χ3n) is 2.55. The van der Waals surface area contributed by atoms with Crippen LogP contribution in [0.15, 0.2) is 6.33 Å². The van der Waals surface area contributed by atoms with Gasteiger partial charge in [0.05, 0.1) is 6.61 Å². The van der Waals surface area contributed by atoms with E-state index in [-0.39, 0.29) is 5.82 Å². The number of anilines is 1. The fourth-order valence-electron chi connectivity index (χ4n) is 1.48. The van der Waals surface area contributed by atoms with Gasteiger partial charge in [-0.05, 0) is 17.0 Å². The topological polar surface area (TPSA) is 85.5 Å². The number of aromatic nitrogens is 2. The van der Waals surface area contributed by atoms with E-state index in [1.807, 2.05) is 7.05 Å². The molecule has 0 spiro atoms. The second-order valence-corrected chi connectivity index (χ2v) is 4.01. The van der Waals surface area contributed by atoms with Gasteiger partial charge in [-0.1, -0.05) is 0 Å². The molecule has 1 aromatic rings. The van der Waals surface area contributed by atoms with E-state index in [2.05, 4.69) is 15.2 Å². The third kappa shape index (κ3) is 3.97. The highest BCUT2D eigenvalue weighted by molar-refractivity contribution is 5.51. The maximum atomic E-state index is 10.7. The van der Waals surface area contributed by atoms with Gasteiger partial charge in [0.15, 0.2) is 0 Å². The summed E-state index contributed by atoms with van der Waals surface area (Å²) in [6.07, 6.45) is 1.43. The summed E-state index contributed by atoms with van der Waals surface area (Å²) >= 11 is 0. The first-order valence-corrected chi connectivity index (χ1v) is 5.63. The first kappa shape index (κ1) is 14.4. The molecular weight excluding hydrogens is 238 g/mol. The number of aryl methyl sites for hydroxylation is 1. The van der Waals surface area contributed by atoms with Crippen LogP contribution in [0.1, 0.15) is 0 Å². The molecule has 8 heteroatoms. The average molecular weight is 257 g/mol. The van der Waals surface area contributed by atoms with Crippen molar-refractivity contribution in [1.29, 1.82) is 0 Å². The minimum atomic E-state index is -0.489. The normalized spacial score (nSPS) is 10.9. The molecule has 0 saturated carbocycles. The van der Waals surface area contributed by atoms with Gasteiger partial charge in [0.2, 0.25) is 12.1 Å². The maximum Gasteiger partial charge on any atom is 0.406 e. The highest BCUT2D eigenvalue weighted by Gasteiger charge is 2.19. The predicted octanol–water partition coefficient (Wildman–Crippen LogP) is 0.318. The van der Waals surface area contributed by atoms with Gasteiger partial charge in [-0.3, -0.25) is 4.57 Å². The summed E-state index contributed by atoms with van der Waals surface area (Å²) in [6.45, 7) is 2.88. The van der Waals surface area contributed by atoms with Crippen molar-refractivity contribution in [2.75, 3.05) is 45.7 Å². The van der Waals surface area contributed by atoms with Crippen LogP contribution in [-0.2, 0) is 11.8 Å². The Morgan fingerprint density at radius 1 is 1.61 bits per heavy atom. The molecular formula is C10H19N5O3. The summed E-state index contributed by atoms with van der Waals surface area (Å²) in [5.41, 5.74) is 0. The zero-order chi connectivity index (χ0) is 13.5. The van der Waals surface area contributed by atoms with Crippen LogP contribution < -0.4 is 5.32 Å². The lowest BCUT2D eigenvalue weighted by Gasteiger charge is -2.16. The summed E-state index contributed by atoms with van der Waals surface area (Å²) in [6, 6.07) is 0. The second-order valence-electron chi connectivity index (χ2n) is 4.01. The SMILES string of the molecule is COCCN(C)CCNc1c([N+](=O)[O-])ncn1C. The van der Waals surface area contributed by atoms with Gasteiger partial charge in [0, 0.05) is 33.8 Å². The summed E-state index contributed by atoms with van der Waals surface area (Å²) in [4.78, 5) is 16.1. The molecule has 1 rings (SSSR count). The molecule has 0 fully saturated rings. The van der Waals surface area contributed by atoms with Gasteiger partial charge < -0.3 is 25.1 Å². The molecule has 0 saturated heterocycles. The number of nitro groups is 1. The first-order chi connectivity index (χ1) is 8.56. The van der Waals surface area contributed by atoms with Crippen LogP contribution in [0.4, 0.5) is 11.6 Å². The molecule has 0 atom stereocenters. The molecule has 0 aromatic carbocycles. The number of ether oxygens (including phenoxy) is 1. The Morgan fingerprint density at radius 3 is 2.94 bits per heavy atom. The zero-order valence-corrected chi connectivity index (χ0v) is 10.9. The standard InChI is InChI=1S/C10H19N5O3/c1-13(6-7-18-3)5-4-11-9-10(15(16)17)12-8-14(9)2/h8,11H,4-7H2,1-3H3. The Balaban J connectivity index is 2.44. The lowest BCUT2D eigenvalue weighted by molar-refractivity contribution is -0.388. The van der Waals surface area contributed by atoms with Crippen LogP contribution in [-0.4, -0.2) is 59.8 Å². The lowest BCUT2D eigenvalue weighted by atomic mass is 10.5. The quantitative estimate of drug-likeness (QED) is 0.533. The molecule has 0 aliphatic rings. The van der Waals surface area contributed by atoms with Crippen LogP contribution in [0, 0.1) is 10.1 Å². The number of hydrogen-bond donors (Lipinski definition) is 1. The summed E-state index contributed by atoms with van der Waals surface area (Å²) in [5, 5.41) is 13.8. The van der Waals surface area contributed by atoms with E-state index in [0.717, 1.165) is 13.1 Å². The summed E-state index contributed by atoms with van der Waals surface area (Å²) in [7, 11) is 5.35. The number of hydrogen-bond acceptors (Lipinski definition) is 6. The largest absolute Gasteiger partial charge is 0.406 e. The number of imidazole rings is 1. The van der Waals surface area contributed by atoms with E-state index in [9.17, 15) is 10.1 Å². The second kappa shape index (κ2) is 6.92. The van der Waals surface area contributed by atoms with E-state index >= 15 is 0 Å². The number of likely N-dealkylation sites (N-methyl/N-ethyl adjacent to an activating group) is 1. The van der Waals surface area contributed by atoms with Crippen LogP contribution in [0.25, 0.3) is 0 Å². The fourth-order valence-corrected chi connectivity index (χ4v) is 1.48. The van der Waals surface area contributed by atoms with Crippen LogP contribution in [0.5, 0.6) is 0 Å². The van der Waals surface area contributed by atoms with Crippen LogP contribution in [0.2, 0.25) is 0 Å². The van der Waals surface area contributed by atoms with Gasteiger partial charge in [-0.15, -0.1) is 0 Å². The molecule has 0 aliphatic heterocycles. The molecule has 0 unspecified atom stereocenters. The smallest absolute Gasteiger partial charge is 0.383 e. The Labute approximate surface area is 106 Å². The maximum absolute atomic E-state index is 10.7. The molecule has 0 amide bonds. The van der Waals surface area contributed by atoms with Crippen molar-refractivity contribution < 1.29 is 9.66 Å². The molecule has 0 radical (unpaired) electrons. The zero-order valence-electron chi connectivity index (χ0n) is 10.9. The number of methoxy groups -OCH3 is 1. The van der Waals surface area contributed by atoms with Crippen molar-refractivity contribution in [2.24, 2.45) is 7.05 Å². The molecule has 1 heterocycles. The predicted molar refractivity (Wildman–Crippen MR) is 67.7 cm³/mol. The minimum absolute atomic E-state index is 0.142. The van der Waals surface area contributed by atoms with Gasteiger partial charge in [-0.2, -0.15) is 0 Å². The van der Waals surface area contributed by atoms with Gasteiger partial charge in [0.25, 0.3) is 0 Å². The lowest BCUT2D eigenvalue weighted by Crippen LogP contribution is -2.28. The van der Waals surface area contributed by atoms with E-state index in [4.69, 9.17) is 4.74 Å². The number of nitrogens with one attached hydrogen (secondary N) is 1. The van der Waals surface area contributed by atoms with E-state index in [1.165, 1.54) is 6.33 Å². The van der Waals surface area contributed by atoms with Gasteiger partial charge >= 0.3 is 5.82 Å². The number of nitrogens with zero attached hydrogens (tertiary/aromatic N) is 4. The van der Waals surface area contributed by atoms with Crippen LogP contribution in [0.3, 0.4) is 0 Å². The molecule has 8 nitrogen and oxygen atoms in total. The highest BCUT2D eigenvalue weighted by Crippen LogP contribution is 2.20. The fraction of sp³-hybridized carbons (Fsp3) is 0.700. The molecule has 102 valence electrons. The van der Waals surface area contributed by atoms with Crippen molar-refractivity contribution in [1.82, 2.24) is 14.5 Å². The average Bonchev–Trinajstić information content (AvgIpc) is 2.68. The molecule has 0 bridgehead atoms. The van der Waals surface area contributed by atoms with Crippen molar-refractivity contribution >= 4 is 11.6 Å². The van der Waals surface area contributed by atoms with Crippen molar-refractivity contribution in [2.45, 2.75) is 0 Å². The van der Waals surface area contributed by atoms with E-state index in [0.29, 0.717) is 19.0 Å². The van der Waals surface area contributed by atoms with Crippen LogP contribution >= 0.6 is 0 Å². The van der Waals surface area contributed by atoms with Crippen molar-refractivity contribution in [3.63, 3.8) is 0 Å². The molecule has 18 heavy (non-hydrogen) atoms. The summed E-state index contributed by atoms with van der Waals surface area (Å²) in [5.74, 6) is 0.289. The Bertz CT molecular complexity index is 393. The van der Waals surface area contributed by atoms with Gasteiger partial charge in [-0.25, -0.2) is 0 Å². The molecule has 1 aromatic heterocycles. The highest BCUT2D eigenvalue weighted by atomic mass is 16.6. The Kier molecular flexibility index (Phi) is 5.53. The van der Waals surface area contributed by atoms with E-state index < -0.39 is 4.92 Å². The van der Waals surface area contributed by atoms with Gasteiger partial charge in [0.1, 0.15) is 0 Å². The minimum Gasteiger partial charge on any atom is -0.383 e. The number of rotatable bonds is 8. The van der Waals surface area contributed by atoms with E-state index in [1.54, 1.807) is 18.7 Å². The third-order valence-corrected chi connectivity index (χ3v) is 2.55.